The van der Waals surface area contributed by atoms with Crippen LogP contribution in [0.25, 0.3) is 11.1 Å². The molecule has 8 heteroatoms. The van der Waals surface area contributed by atoms with Crippen molar-refractivity contribution >= 4 is 11.6 Å². The molecule has 0 amide bonds. The van der Waals surface area contributed by atoms with Crippen LogP contribution in [-0.2, 0) is 19.8 Å². The molecule has 2 saturated heterocycles. The first-order valence-corrected chi connectivity index (χ1v) is 17.6. The molecule has 0 radical (unpaired) electrons. The molecular weight excluding hydrogens is 620 g/mol. The van der Waals surface area contributed by atoms with Crippen LogP contribution in [0.1, 0.15) is 66.3 Å². The van der Waals surface area contributed by atoms with E-state index in [9.17, 15) is 5.26 Å². The molecule has 250 valence electrons. The summed E-state index contributed by atoms with van der Waals surface area (Å²) in [7, 11) is 0. The number of piperidine rings is 1. The van der Waals surface area contributed by atoms with Gasteiger partial charge in [0.15, 0.2) is 0 Å². The lowest BCUT2D eigenvalue weighted by atomic mass is 9.96. The average molecular weight is 665 g/mol. The molecule has 2 aliphatic rings. The molecular formula is C40H45ClN4O3. The van der Waals surface area contributed by atoms with Gasteiger partial charge in [-0.3, -0.25) is 9.88 Å². The van der Waals surface area contributed by atoms with Crippen molar-refractivity contribution < 1.29 is 14.2 Å². The number of rotatable bonds is 14. The summed E-state index contributed by atoms with van der Waals surface area (Å²) in [6.07, 6.45) is 10.6. The summed E-state index contributed by atoms with van der Waals surface area (Å²) in [4.78, 5) is 9.16. The van der Waals surface area contributed by atoms with Gasteiger partial charge in [0.05, 0.1) is 17.2 Å². The van der Waals surface area contributed by atoms with E-state index >= 15 is 0 Å². The summed E-state index contributed by atoms with van der Waals surface area (Å²) in [5.74, 6) is 2.20. The molecule has 48 heavy (non-hydrogen) atoms. The molecule has 3 aromatic carbocycles. The first-order valence-electron chi connectivity index (χ1n) is 17.2. The van der Waals surface area contributed by atoms with E-state index in [4.69, 9.17) is 25.8 Å². The van der Waals surface area contributed by atoms with Crippen molar-refractivity contribution in [2.75, 3.05) is 39.3 Å². The van der Waals surface area contributed by atoms with Gasteiger partial charge in [0.1, 0.15) is 36.5 Å². The smallest absolute Gasteiger partial charge is 0.142 e. The van der Waals surface area contributed by atoms with E-state index in [1.54, 1.807) is 18.5 Å². The fourth-order valence-electron chi connectivity index (χ4n) is 6.64. The van der Waals surface area contributed by atoms with E-state index < -0.39 is 0 Å². The van der Waals surface area contributed by atoms with Crippen molar-refractivity contribution in [3.63, 3.8) is 0 Å². The number of hydrogen-bond acceptors (Lipinski definition) is 7. The maximum atomic E-state index is 9.30. The van der Waals surface area contributed by atoms with Crippen molar-refractivity contribution in [3.8, 4) is 34.4 Å². The summed E-state index contributed by atoms with van der Waals surface area (Å²) in [6.45, 7) is 9.94. The zero-order valence-corrected chi connectivity index (χ0v) is 28.7. The molecule has 0 aliphatic carbocycles. The number of nitriles is 1. The van der Waals surface area contributed by atoms with Crippen molar-refractivity contribution in [3.05, 3.63) is 106 Å². The molecule has 0 bridgehead atoms. The van der Waals surface area contributed by atoms with E-state index in [1.165, 1.54) is 45.2 Å². The van der Waals surface area contributed by atoms with E-state index in [1.807, 2.05) is 18.2 Å². The minimum Gasteiger partial charge on any atom is -0.494 e. The minimum atomic E-state index is 0.291. The molecule has 2 aliphatic heterocycles. The number of hydrogen-bond donors (Lipinski definition) is 0. The highest BCUT2D eigenvalue weighted by Crippen LogP contribution is 2.36. The number of nitrogens with zero attached hydrogens (tertiary/aromatic N) is 4. The highest BCUT2D eigenvalue weighted by Gasteiger charge is 2.18. The molecule has 3 heterocycles. The lowest BCUT2D eigenvalue weighted by Gasteiger charge is -2.27. The Kier molecular flexibility index (Phi) is 11.9. The summed E-state index contributed by atoms with van der Waals surface area (Å²) in [5.41, 5.74) is 6.88. The monoisotopic (exact) mass is 664 g/mol. The van der Waals surface area contributed by atoms with Crippen LogP contribution in [0.4, 0.5) is 0 Å². The molecule has 6 rings (SSSR count). The summed E-state index contributed by atoms with van der Waals surface area (Å²) in [6, 6.07) is 22.5. The zero-order valence-electron chi connectivity index (χ0n) is 27.9. The zero-order chi connectivity index (χ0) is 33.1. The number of ether oxygens (including phenoxy) is 3. The van der Waals surface area contributed by atoms with E-state index in [-0.39, 0.29) is 0 Å². The van der Waals surface area contributed by atoms with Crippen LogP contribution >= 0.6 is 11.6 Å². The highest BCUT2D eigenvalue weighted by atomic mass is 35.5. The van der Waals surface area contributed by atoms with Gasteiger partial charge in [-0.1, -0.05) is 48.4 Å². The van der Waals surface area contributed by atoms with Crippen LogP contribution in [0.5, 0.6) is 17.2 Å². The van der Waals surface area contributed by atoms with Gasteiger partial charge in [0, 0.05) is 42.7 Å². The van der Waals surface area contributed by atoms with Crippen LogP contribution in [0, 0.1) is 18.3 Å². The number of aromatic nitrogens is 1. The first kappa shape index (κ1) is 33.8. The second-order valence-corrected chi connectivity index (χ2v) is 13.3. The Morgan fingerprint density at radius 3 is 2.40 bits per heavy atom. The van der Waals surface area contributed by atoms with E-state index in [2.05, 4.69) is 64.2 Å². The van der Waals surface area contributed by atoms with Gasteiger partial charge < -0.3 is 19.1 Å². The summed E-state index contributed by atoms with van der Waals surface area (Å²) >= 11 is 6.85. The normalized spacial score (nSPS) is 15.3. The standard InChI is InChI=1S/C40H45ClN4O3/c1-30-34(11-8-13-37(30)33-10-7-12-36(21-33)46-19-9-18-44-14-5-6-15-44)29-48-40-23-39(47-28-32-20-31(24-42)25-43-26-32)35(22-38(40)41)27-45-16-3-2-4-17-45/h7-8,10-13,20-23,25-26H,2-6,9,14-19,27-29H2,1H3. The van der Waals surface area contributed by atoms with Crippen LogP contribution < -0.4 is 14.2 Å². The van der Waals surface area contributed by atoms with Crippen molar-refractivity contribution in [2.24, 2.45) is 0 Å². The van der Waals surface area contributed by atoms with Gasteiger partial charge in [-0.2, -0.15) is 5.26 Å². The molecule has 0 spiro atoms. The molecule has 0 unspecified atom stereocenters. The quantitative estimate of drug-likeness (QED) is 0.125. The number of benzene rings is 3. The van der Waals surface area contributed by atoms with Gasteiger partial charge in [-0.05, 0) is 112 Å². The topological polar surface area (TPSA) is 70.8 Å². The van der Waals surface area contributed by atoms with Crippen LogP contribution in [0.15, 0.2) is 73.1 Å². The van der Waals surface area contributed by atoms with Gasteiger partial charge in [-0.15, -0.1) is 0 Å². The van der Waals surface area contributed by atoms with Crippen LogP contribution in [-0.4, -0.2) is 54.1 Å². The maximum Gasteiger partial charge on any atom is 0.142 e. The largest absolute Gasteiger partial charge is 0.494 e. The van der Waals surface area contributed by atoms with Gasteiger partial charge >= 0.3 is 0 Å². The average Bonchev–Trinajstić information content (AvgIpc) is 3.64. The third-order valence-corrected chi connectivity index (χ3v) is 9.63. The van der Waals surface area contributed by atoms with E-state index in [0.29, 0.717) is 29.5 Å². The van der Waals surface area contributed by atoms with Crippen molar-refractivity contribution in [1.29, 1.82) is 5.26 Å². The molecule has 0 N–H and O–H groups in total. The Morgan fingerprint density at radius 2 is 1.56 bits per heavy atom. The molecule has 1 aromatic heterocycles. The van der Waals surface area contributed by atoms with E-state index in [0.717, 1.165) is 84.1 Å². The van der Waals surface area contributed by atoms with Crippen LogP contribution in [0.3, 0.4) is 0 Å². The highest BCUT2D eigenvalue weighted by molar-refractivity contribution is 6.32. The minimum absolute atomic E-state index is 0.291. The fourth-order valence-corrected chi connectivity index (χ4v) is 6.88. The molecule has 7 nitrogen and oxygen atoms in total. The second-order valence-electron chi connectivity index (χ2n) is 12.9. The Bertz CT molecular complexity index is 1710. The van der Waals surface area contributed by atoms with Gasteiger partial charge in [-0.25, -0.2) is 0 Å². The third kappa shape index (κ3) is 9.08. The molecule has 0 saturated carbocycles. The molecule has 0 atom stereocenters. The lowest BCUT2D eigenvalue weighted by Crippen LogP contribution is -2.29. The fraction of sp³-hybridized carbons (Fsp3) is 0.400. The van der Waals surface area contributed by atoms with Gasteiger partial charge in [0.25, 0.3) is 0 Å². The SMILES string of the molecule is Cc1c(COc2cc(OCc3cncc(C#N)c3)c(CN3CCCCC3)cc2Cl)cccc1-c1cccc(OCCCN2CCCC2)c1. The Hall–Kier alpha value is -4.09. The first-order chi connectivity index (χ1) is 23.6. The second kappa shape index (κ2) is 16.8. The number of pyridine rings is 1. The predicted molar refractivity (Wildman–Crippen MR) is 191 cm³/mol. The van der Waals surface area contributed by atoms with Gasteiger partial charge in [0.2, 0.25) is 0 Å². The predicted octanol–water partition coefficient (Wildman–Crippen LogP) is 8.59. The molecule has 4 aromatic rings. The summed E-state index contributed by atoms with van der Waals surface area (Å²) < 4.78 is 18.9. The Morgan fingerprint density at radius 1 is 0.792 bits per heavy atom. The Balaban J connectivity index is 1.15. The Labute approximate surface area is 290 Å². The lowest BCUT2D eigenvalue weighted by molar-refractivity contribution is 0.214. The van der Waals surface area contributed by atoms with Crippen molar-refractivity contribution in [1.82, 2.24) is 14.8 Å². The molecule has 2 fully saturated rings. The third-order valence-electron chi connectivity index (χ3n) is 9.34. The summed E-state index contributed by atoms with van der Waals surface area (Å²) in [5, 5.41) is 9.86. The maximum absolute atomic E-state index is 9.30. The number of halogens is 1. The number of likely N-dealkylation sites (tertiary alicyclic amines) is 2. The van der Waals surface area contributed by atoms with Crippen molar-refractivity contribution in [2.45, 2.75) is 65.2 Å². The van der Waals surface area contributed by atoms with Crippen LogP contribution in [0.2, 0.25) is 5.02 Å².